The summed E-state index contributed by atoms with van der Waals surface area (Å²) < 4.78 is 0. The predicted octanol–water partition coefficient (Wildman–Crippen LogP) is 3.58. The fourth-order valence-electron chi connectivity index (χ4n) is 4.37. The third-order valence-electron chi connectivity index (χ3n) is 5.96. The monoisotopic (exact) mass is 358 g/mol. The van der Waals surface area contributed by atoms with Gasteiger partial charge < -0.3 is 4.90 Å². The summed E-state index contributed by atoms with van der Waals surface area (Å²) in [5.74, 6) is 1.05. The number of benzene rings is 1. The van der Waals surface area contributed by atoms with E-state index in [1.165, 1.54) is 44.1 Å². The van der Waals surface area contributed by atoms with Crippen molar-refractivity contribution in [1.29, 1.82) is 0 Å². The van der Waals surface area contributed by atoms with E-state index in [1.54, 1.807) is 0 Å². The topological polar surface area (TPSA) is 23.6 Å². The summed E-state index contributed by atoms with van der Waals surface area (Å²) in [6.45, 7) is 3.03. The van der Waals surface area contributed by atoms with Crippen molar-refractivity contribution in [3.63, 3.8) is 0 Å². The lowest BCUT2D eigenvalue weighted by atomic mass is 10.0. The SMILES string of the molecule is O=C(CSC1CCCC1)N1CCN(C2CC2)CC1Cc1ccccc1. The molecule has 25 heavy (non-hydrogen) atoms. The van der Waals surface area contributed by atoms with Crippen molar-refractivity contribution in [1.82, 2.24) is 9.80 Å². The highest BCUT2D eigenvalue weighted by Gasteiger charge is 2.37. The summed E-state index contributed by atoms with van der Waals surface area (Å²) in [4.78, 5) is 17.8. The lowest BCUT2D eigenvalue weighted by Crippen LogP contribution is -2.57. The van der Waals surface area contributed by atoms with E-state index in [9.17, 15) is 4.79 Å². The first-order valence-electron chi connectivity index (χ1n) is 9.98. The van der Waals surface area contributed by atoms with Crippen LogP contribution in [0, 0.1) is 0 Å². The van der Waals surface area contributed by atoms with E-state index in [-0.39, 0.29) is 0 Å². The number of carbonyl (C=O) groups excluding carboxylic acids is 1. The second kappa shape index (κ2) is 8.13. The minimum absolute atomic E-state index is 0.341. The maximum Gasteiger partial charge on any atom is 0.232 e. The lowest BCUT2D eigenvalue weighted by molar-refractivity contribution is -0.133. The largest absolute Gasteiger partial charge is 0.336 e. The zero-order chi connectivity index (χ0) is 17.1. The smallest absolute Gasteiger partial charge is 0.232 e. The van der Waals surface area contributed by atoms with Gasteiger partial charge >= 0.3 is 0 Å². The Morgan fingerprint density at radius 1 is 1.04 bits per heavy atom. The molecule has 4 rings (SSSR count). The van der Waals surface area contributed by atoms with Gasteiger partial charge in [-0.15, -0.1) is 11.8 Å². The zero-order valence-corrected chi connectivity index (χ0v) is 15.9. The van der Waals surface area contributed by atoms with E-state index in [0.29, 0.717) is 17.7 Å². The quantitative estimate of drug-likeness (QED) is 0.776. The molecule has 1 aromatic carbocycles. The van der Waals surface area contributed by atoms with Crippen LogP contribution in [-0.2, 0) is 11.2 Å². The van der Waals surface area contributed by atoms with Crippen molar-refractivity contribution in [3.05, 3.63) is 35.9 Å². The van der Waals surface area contributed by atoms with E-state index in [2.05, 4.69) is 40.1 Å². The number of carbonyl (C=O) groups is 1. The van der Waals surface area contributed by atoms with Crippen molar-refractivity contribution >= 4 is 17.7 Å². The predicted molar refractivity (Wildman–Crippen MR) is 105 cm³/mol. The van der Waals surface area contributed by atoms with Crippen molar-refractivity contribution in [3.8, 4) is 0 Å². The Bertz CT molecular complexity index is 569. The van der Waals surface area contributed by atoms with E-state index >= 15 is 0 Å². The van der Waals surface area contributed by atoms with Gasteiger partial charge in [-0.1, -0.05) is 43.2 Å². The van der Waals surface area contributed by atoms with Gasteiger partial charge in [0.2, 0.25) is 5.91 Å². The molecule has 0 bridgehead atoms. The molecule has 3 nitrogen and oxygen atoms in total. The fraction of sp³-hybridized carbons (Fsp3) is 0.667. The van der Waals surface area contributed by atoms with Gasteiger partial charge in [-0.05, 0) is 37.7 Å². The van der Waals surface area contributed by atoms with E-state index in [4.69, 9.17) is 0 Å². The number of amides is 1. The molecule has 136 valence electrons. The van der Waals surface area contributed by atoms with Crippen LogP contribution in [-0.4, -0.2) is 58.4 Å². The van der Waals surface area contributed by atoms with Gasteiger partial charge in [-0.3, -0.25) is 9.69 Å². The highest BCUT2D eigenvalue weighted by molar-refractivity contribution is 8.00. The molecular weight excluding hydrogens is 328 g/mol. The number of thioether (sulfide) groups is 1. The van der Waals surface area contributed by atoms with E-state index < -0.39 is 0 Å². The number of nitrogens with zero attached hydrogens (tertiary/aromatic N) is 2. The average molecular weight is 359 g/mol. The molecule has 1 saturated heterocycles. The molecule has 0 aromatic heterocycles. The minimum atomic E-state index is 0.341. The molecule has 1 aliphatic heterocycles. The molecule has 1 atom stereocenters. The molecule has 1 amide bonds. The molecule has 3 aliphatic rings. The summed E-state index contributed by atoms with van der Waals surface area (Å²) in [5, 5.41) is 0.726. The van der Waals surface area contributed by atoms with Crippen molar-refractivity contribution in [2.45, 2.75) is 62.3 Å². The van der Waals surface area contributed by atoms with Crippen LogP contribution >= 0.6 is 11.8 Å². The summed E-state index contributed by atoms with van der Waals surface area (Å²) in [6, 6.07) is 11.8. The highest BCUT2D eigenvalue weighted by atomic mass is 32.2. The summed E-state index contributed by atoms with van der Waals surface area (Å²) >= 11 is 1.91. The fourth-order valence-corrected chi connectivity index (χ4v) is 5.58. The van der Waals surface area contributed by atoms with Gasteiger partial charge in [0.25, 0.3) is 0 Å². The zero-order valence-electron chi connectivity index (χ0n) is 15.1. The van der Waals surface area contributed by atoms with Gasteiger partial charge in [0.1, 0.15) is 0 Å². The Balaban J connectivity index is 1.39. The third-order valence-corrected chi connectivity index (χ3v) is 7.31. The Morgan fingerprint density at radius 3 is 2.52 bits per heavy atom. The molecule has 1 aromatic rings. The Labute approximate surface area is 156 Å². The molecule has 2 saturated carbocycles. The van der Waals surface area contributed by atoms with Gasteiger partial charge in [-0.2, -0.15) is 0 Å². The molecular formula is C21H30N2OS. The molecule has 2 aliphatic carbocycles. The summed E-state index contributed by atoms with van der Waals surface area (Å²) in [6.07, 6.45) is 9.00. The van der Waals surface area contributed by atoms with Crippen LogP contribution < -0.4 is 0 Å². The number of rotatable bonds is 6. The number of hydrogen-bond donors (Lipinski definition) is 0. The minimum Gasteiger partial charge on any atom is -0.336 e. The van der Waals surface area contributed by atoms with Crippen LogP contribution in [0.5, 0.6) is 0 Å². The molecule has 3 fully saturated rings. The highest BCUT2D eigenvalue weighted by Crippen LogP contribution is 2.31. The average Bonchev–Trinajstić information content (AvgIpc) is 3.36. The molecule has 0 N–H and O–H groups in total. The molecule has 4 heteroatoms. The lowest BCUT2D eigenvalue weighted by Gasteiger charge is -2.42. The Kier molecular flexibility index (Phi) is 5.66. The Morgan fingerprint density at radius 2 is 1.80 bits per heavy atom. The molecule has 0 radical (unpaired) electrons. The molecule has 1 unspecified atom stereocenters. The van der Waals surface area contributed by atoms with Gasteiger partial charge in [0, 0.05) is 37.0 Å². The van der Waals surface area contributed by atoms with Crippen molar-refractivity contribution in [2.75, 3.05) is 25.4 Å². The van der Waals surface area contributed by atoms with Gasteiger partial charge in [0.05, 0.1) is 5.75 Å². The number of hydrogen-bond acceptors (Lipinski definition) is 3. The molecule has 0 spiro atoms. The standard InChI is InChI=1S/C21H30N2OS/c24-21(16-25-20-8-4-5-9-20)23-13-12-22(18-10-11-18)15-19(23)14-17-6-2-1-3-7-17/h1-3,6-7,18-20H,4-5,8-16H2. The van der Waals surface area contributed by atoms with E-state index in [1.807, 2.05) is 11.8 Å². The second-order valence-corrected chi connectivity index (χ2v) is 9.16. The summed E-state index contributed by atoms with van der Waals surface area (Å²) in [7, 11) is 0. The molecule has 1 heterocycles. The third kappa shape index (κ3) is 4.59. The van der Waals surface area contributed by atoms with Crippen molar-refractivity contribution in [2.24, 2.45) is 0 Å². The van der Waals surface area contributed by atoms with Gasteiger partial charge in [0.15, 0.2) is 0 Å². The normalized spacial score (nSPS) is 25.4. The maximum atomic E-state index is 12.9. The maximum absolute atomic E-state index is 12.9. The Hall–Kier alpha value is -1.00. The second-order valence-electron chi connectivity index (χ2n) is 7.87. The van der Waals surface area contributed by atoms with Gasteiger partial charge in [-0.25, -0.2) is 0 Å². The summed E-state index contributed by atoms with van der Waals surface area (Å²) in [5.41, 5.74) is 1.35. The van der Waals surface area contributed by atoms with Crippen LogP contribution in [0.25, 0.3) is 0 Å². The first-order valence-corrected chi connectivity index (χ1v) is 11.0. The number of piperazine rings is 1. The first kappa shape index (κ1) is 17.4. The first-order chi connectivity index (χ1) is 12.3. The van der Waals surface area contributed by atoms with Crippen LogP contribution in [0.3, 0.4) is 0 Å². The van der Waals surface area contributed by atoms with Crippen LogP contribution in [0.2, 0.25) is 0 Å². The van der Waals surface area contributed by atoms with Crippen molar-refractivity contribution < 1.29 is 4.79 Å². The van der Waals surface area contributed by atoms with Crippen LogP contribution in [0.4, 0.5) is 0 Å². The van der Waals surface area contributed by atoms with Crippen LogP contribution in [0.15, 0.2) is 30.3 Å². The van der Waals surface area contributed by atoms with Crippen LogP contribution in [0.1, 0.15) is 44.1 Å². The van der Waals surface area contributed by atoms with E-state index in [0.717, 1.165) is 37.3 Å².